The number of nitrogens with zero attached hydrogens (tertiary/aromatic N) is 1. The molecule has 17 heavy (non-hydrogen) atoms. The Labute approximate surface area is 98.7 Å². The van der Waals surface area contributed by atoms with Crippen molar-refractivity contribution in [3.63, 3.8) is 0 Å². The van der Waals surface area contributed by atoms with Crippen LogP contribution in [0.3, 0.4) is 0 Å². The third kappa shape index (κ3) is 5.98. The van der Waals surface area contributed by atoms with Crippen LogP contribution in [0, 0.1) is 0 Å². The van der Waals surface area contributed by atoms with Gasteiger partial charge in [-0.25, -0.2) is 0 Å². The minimum atomic E-state index is -0.762. The first-order valence-corrected chi connectivity index (χ1v) is 5.42. The number of ether oxygens (including phenoxy) is 1. The molecule has 0 atom stereocenters. The van der Waals surface area contributed by atoms with Gasteiger partial charge in [-0.15, -0.1) is 0 Å². The van der Waals surface area contributed by atoms with E-state index in [0.29, 0.717) is 26.1 Å². The molecule has 96 valence electrons. The number of hydrogen-bond donors (Lipinski definition) is 2. The average Bonchev–Trinajstić information content (AvgIpc) is 2.64. The van der Waals surface area contributed by atoms with Crippen molar-refractivity contribution in [2.24, 2.45) is 0 Å². The molecule has 7 heteroatoms. The smallest absolute Gasteiger partial charge is 0.317 e. The summed E-state index contributed by atoms with van der Waals surface area (Å²) in [6.07, 6.45) is 0.748. The molecule has 0 radical (unpaired) electrons. The Morgan fingerprint density at radius 2 is 1.76 bits per heavy atom. The van der Waals surface area contributed by atoms with Gasteiger partial charge < -0.3 is 9.84 Å². The molecular weight excluding hydrogens is 228 g/mol. The fourth-order valence-corrected chi connectivity index (χ4v) is 1.46. The fourth-order valence-electron chi connectivity index (χ4n) is 1.46. The number of carbonyl (C=O) groups excluding carboxylic acids is 2. The molecule has 2 fully saturated rings. The largest absolute Gasteiger partial charge is 0.480 e. The van der Waals surface area contributed by atoms with E-state index in [0.717, 1.165) is 13.1 Å². The summed E-state index contributed by atoms with van der Waals surface area (Å²) in [5, 5.41) is 10.5. The number of imide groups is 1. The number of morpholine rings is 1. The lowest BCUT2D eigenvalue weighted by Crippen LogP contribution is -2.39. The molecule has 2 rings (SSSR count). The first-order valence-electron chi connectivity index (χ1n) is 5.42. The minimum absolute atomic E-state index is 0.142. The van der Waals surface area contributed by atoms with Crippen molar-refractivity contribution in [2.75, 3.05) is 32.8 Å². The number of amides is 2. The third-order valence-electron chi connectivity index (χ3n) is 2.32. The standard InChI is InChI=1S/C6H11NO3.C4H5NO2/c8-6(9)5-7-1-3-10-4-2-7;6-3-1-2-4(7)5-3/h1-5H2,(H,8,9);1-2H2,(H,5,6,7). The Balaban J connectivity index is 0.000000181. The molecule has 2 N–H and O–H groups in total. The molecule has 2 saturated heterocycles. The van der Waals surface area contributed by atoms with Gasteiger partial charge in [-0.1, -0.05) is 0 Å². The number of aliphatic carboxylic acids is 1. The van der Waals surface area contributed by atoms with E-state index in [1.807, 2.05) is 4.90 Å². The summed E-state index contributed by atoms with van der Waals surface area (Å²) in [5.74, 6) is -1.06. The summed E-state index contributed by atoms with van der Waals surface area (Å²) in [6, 6.07) is 0. The number of carboxylic acids is 1. The van der Waals surface area contributed by atoms with Crippen molar-refractivity contribution in [3.05, 3.63) is 0 Å². The van der Waals surface area contributed by atoms with Crippen LogP contribution in [0.4, 0.5) is 0 Å². The Morgan fingerprint density at radius 1 is 1.24 bits per heavy atom. The second-order valence-corrected chi connectivity index (χ2v) is 3.75. The number of carboxylic acid groups (broad SMARTS) is 1. The number of hydrogen-bond acceptors (Lipinski definition) is 5. The average molecular weight is 244 g/mol. The predicted molar refractivity (Wildman–Crippen MR) is 57.3 cm³/mol. The van der Waals surface area contributed by atoms with Crippen LogP contribution in [-0.4, -0.2) is 60.6 Å². The highest BCUT2D eigenvalue weighted by atomic mass is 16.5. The van der Waals surface area contributed by atoms with E-state index in [2.05, 4.69) is 5.32 Å². The fraction of sp³-hybridized carbons (Fsp3) is 0.700. The summed E-state index contributed by atoms with van der Waals surface area (Å²) in [4.78, 5) is 32.3. The van der Waals surface area contributed by atoms with Gasteiger partial charge in [0.15, 0.2) is 0 Å². The minimum Gasteiger partial charge on any atom is -0.480 e. The Morgan fingerprint density at radius 3 is 2.12 bits per heavy atom. The molecule has 0 unspecified atom stereocenters. The van der Waals surface area contributed by atoms with E-state index in [4.69, 9.17) is 9.84 Å². The van der Waals surface area contributed by atoms with Crippen molar-refractivity contribution >= 4 is 17.8 Å². The van der Waals surface area contributed by atoms with E-state index < -0.39 is 5.97 Å². The highest BCUT2D eigenvalue weighted by Crippen LogP contribution is 1.96. The highest BCUT2D eigenvalue weighted by molar-refractivity contribution is 6.01. The first-order chi connectivity index (χ1) is 8.08. The van der Waals surface area contributed by atoms with Gasteiger partial charge in [0, 0.05) is 25.9 Å². The molecule has 2 aliphatic rings. The van der Waals surface area contributed by atoms with Crippen LogP contribution in [0.15, 0.2) is 0 Å². The van der Waals surface area contributed by atoms with Gasteiger partial charge in [0.2, 0.25) is 11.8 Å². The maximum atomic E-state index is 10.2. The third-order valence-corrected chi connectivity index (χ3v) is 2.32. The van der Waals surface area contributed by atoms with Gasteiger partial charge in [0.25, 0.3) is 0 Å². The normalized spacial score (nSPS) is 20.5. The first kappa shape index (κ1) is 13.6. The van der Waals surface area contributed by atoms with E-state index in [-0.39, 0.29) is 18.4 Å². The van der Waals surface area contributed by atoms with Crippen LogP contribution >= 0.6 is 0 Å². The SMILES string of the molecule is O=C(O)CN1CCOCC1.O=C1CCC(=O)N1. The summed E-state index contributed by atoms with van der Waals surface area (Å²) in [7, 11) is 0. The zero-order valence-electron chi connectivity index (χ0n) is 9.48. The highest BCUT2D eigenvalue weighted by Gasteiger charge is 2.15. The molecule has 0 aromatic heterocycles. The molecule has 0 spiro atoms. The van der Waals surface area contributed by atoms with Gasteiger partial charge in [-0.05, 0) is 0 Å². The lowest BCUT2D eigenvalue weighted by Gasteiger charge is -2.24. The Hall–Kier alpha value is -1.47. The van der Waals surface area contributed by atoms with Crippen LogP contribution in [0.2, 0.25) is 0 Å². The second-order valence-electron chi connectivity index (χ2n) is 3.75. The maximum Gasteiger partial charge on any atom is 0.317 e. The summed E-state index contributed by atoms with van der Waals surface area (Å²) in [6.45, 7) is 2.95. The van der Waals surface area contributed by atoms with Crippen LogP contribution in [0.25, 0.3) is 0 Å². The molecule has 2 aliphatic heterocycles. The Kier molecular flexibility index (Phi) is 5.58. The number of carbonyl (C=O) groups is 3. The summed E-state index contributed by atoms with van der Waals surface area (Å²) in [5.41, 5.74) is 0. The molecular formula is C10H16N2O5. The second kappa shape index (κ2) is 6.97. The van der Waals surface area contributed by atoms with Gasteiger partial charge >= 0.3 is 5.97 Å². The van der Waals surface area contributed by atoms with E-state index in [1.54, 1.807) is 0 Å². The molecule has 0 bridgehead atoms. The zero-order chi connectivity index (χ0) is 12.7. The molecule has 2 heterocycles. The molecule has 0 saturated carbocycles. The van der Waals surface area contributed by atoms with Crippen LogP contribution in [0.1, 0.15) is 12.8 Å². The quantitative estimate of drug-likeness (QED) is 0.594. The molecule has 0 aromatic carbocycles. The molecule has 0 aromatic rings. The van der Waals surface area contributed by atoms with Gasteiger partial charge in [0.1, 0.15) is 0 Å². The van der Waals surface area contributed by atoms with E-state index >= 15 is 0 Å². The maximum absolute atomic E-state index is 10.2. The molecule has 7 nitrogen and oxygen atoms in total. The number of rotatable bonds is 2. The van der Waals surface area contributed by atoms with Crippen molar-refractivity contribution in [1.82, 2.24) is 10.2 Å². The predicted octanol–water partition coefficient (Wildman–Crippen LogP) is -1.17. The van der Waals surface area contributed by atoms with Crippen molar-refractivity contribution in [2.45, 2.75) is 12.8 Å². The van der Waals surface area contributed by atoms with Crippen LogP contribution in [-0.2, 0) is 19.1 Å². The lowest BCUT2D eigenvalue weighted by molar-refractivity contribution is -0.139. The van der Waals surface area contributed by atoms with Gasteiger partial charge in [-0.3, -0.25) is 24.6 Å². The number of nitrogens with one attached hydrogen (secondary N) is 1. The van der Waals surface area contributed by atoms with E-state index in [1.165, 1.54) is 0 Å². The summed E-state index contributed by atoms with van der Waals surface area (Å²) < 4.78 is 5.05. The van der Waals surface area contributed by atoms with Crippen LogP contribution < -0.4 is 5.32 Å². The lowest BCUT2D eigenvalue weighted by atomic mass is 10.4. The monoisotopic (exact) mass is 244 g/mol. The van der Waals surface area contributed by atoms with Crippen molar-refractivity contribution < 1.29 is 24.2 Å². The molecule has 2 amide bonds. The van der Waals surface area contributed by atoms with Crippen LogP contribution in [0.5, 0.6) is 0 Å². The topological polar surface area (TPSA) is 95.9 Å². The van der Waals surface area contributed by atoms with Gasteiger partial charge in [0.05, 0.1) is 19.8 Å². The van der Waals surface area contributed by atoms with Gasteiger partial charge in [-0.2, -0.15) is 0 Å². The van der Waals surface area contributed by atoms with Crippen molar-refractivity contribution in [1.29, 1.82) is 0 Å². The van der Waals surface area contributed by atoms with E-state index in [9.17, 15) is 14.4 Å². The Bertz CT molecular complexity index is 285. The van der Waals surface area contributed by atoms with Crippen molar-refractivity contribution in [3.8, 4) is 0 Å². The molecule has 0 aliphatic carbocycles. The zero-order valence-corrected chi connectivity index (χ0v) is 9.48. The summed E-state index contributed by atoms with van der Waals surface area (Å²) >= 11 is 0.